The van der Waals surface area contributed by atoms with Crippen LogP contribution >= 0.6 is 11.6 Å². The molecule has 0 bridgehead atoms. The van der Waals surface area contributed by atoms with E-state index in [1.807, 2.05) is 30.3 Å². The molecule has 0 radical (unpaired) electrons. The number of hydrogen-bond acceptors (Lipinski definition) is 4. The van der Waals surface area contributed by atoms with E-state index in [-0.39, 0.29) is 5.91 Å². The summed E-state index contributed by atoms with van der Waals surface area (Å²) in [5.41, 5.74) is 2.99. The number of aromatic nitrogens is 2. The van der Waals surface area contributed by atoms with Crippen LogP contribution in [0.25, 0.3) is 0 Å². The molecule has 24 heavy (non-hydrogen) atoms. The highest BCUT2D eigenvalue weighted by Gasteiger charge is 2.07. The average molecular weight is 339 g/mol. The third-order valence-corrected chi connectivity index (χ3v) is 3.55. The summed E-state index contributed by atoms with van der Waals surface area (Å²) in [6.45, 7) is 0.436. The summed E-state index contributed by atoms with van der Waals surface area (Å²) < 4.78 is 0. The number of benzene rings is 1. The summed E-state index contributed by atoms with van der Waals surface area (Å²) in [5.74, 6) is -0.221. The summed E-state index contributed by atoms with van der Waals surface area (Å²) in [4.78, 5) is 20.2. The summed E-state index contributed by atoms with van der Waals surface area (Å²) in [6, 6.07) is 14.6. The summed E-state index contributed by atoms with van der Waals surface area (Å²) in [5, 5.41) is 6.66. The molecule has 1 amide bonds. The van der Waals surface area contributed by atoms with Crippen LogP contribution in [0, 0.1) is 0 Å². The van der Waals surface area contributed by atoms with Crippen molar-refractivity contribution >= 4 is 28.9 Å². The van der Waals surface area contributed by atoms with Gasteiger partial charge in [0.25, 0.3) is 5.91 Å². The zero-order chi connectivity index (χ0) is 16.8. The SMILES string of the molecule is O=C(NCc1ccncc1)c1ccc(Nc2cccc(Cl)c2)cn1. The fraction of sp³-hybridized carbons (Fsp3) is 0.0556. The zero-order valence-corrected chi connectivity index (χ0v) is 13.5. The van der Waals surface area contributed by atoms with E-state index in [2.05, 4.69) is 20.6 Å². The number of halogens is 1. The van der Waals surface area contributed by atoms with Gasteiger partial charge in [0.2, 0.25) is 0 Å². The lowest BCUT2D eigenvalue weighted by molar-refractivity contribution is 0.0946. The van der Waals surface area contributed by atoms with Crippen molar-refractivity contribution in [2.24, 2.45) is 0 Å². The van der Waals surface area contributed by atoms with Crippen LogP contribution in [0.2, 0.25) is 5.02 Å². The highest BCUT2D eigenvalue weighted by molar-refractivity contribution is 6.30. The lowest BCUT2D eigenvalue weighted by Crippen LogP contribution is -2.23. The van der Waals surface area contributed by atoms with Crippen LogP contribution in [0.4, 0.5) is 11.4 Å². The van der Waals surface area contributed by atoms with E-state index in [1.165, 1.54) is 0 Å². The Morgan fingerprint density at radius 3 is 2.58 bits per heavy atom. The predicted octanol–water partition coefficient (Wildman–Crippen LogP) is 3.80. The maximum absolute atomic E-state index is 12.1. The number of rotatable bonds is 5. The Morgan fingerprint density at radius 2 is 1.88 bits per heavy atom. The summed E-state index contributed by atoms with van der Waals surface area (Å²) in [7, 11) is 0. The second kappa shape index (κ2) is 7.57. The van der Waals surface area contributed by atoms with Gasteiger partial charge in [0.1, 0.15) is 5.69 Å². The smallest absolute Gasteiger partial charge is 0.270 e. The first-order valence-corrected chi connectivity index (χ1v) is 7.74. The Hall–Kier alpha value is -2.92. The van der Waals surface area contributed by atoms with Gasteiger partial charge in [0.05, 0.1) is 11.9 Å². The fourth-order valence-electron chi connectivity index (χ4n) is 2.11. The van der Waals surface area contributed by atoms with E-state index >= 15 is 0 Å². The lowest BCUT2D eigenvalue weighted by atomic mass is 10.2. The van der Waals surface area contributed by atoms with Crippen molar-refractivity contribution in [1.29, 1.82) is 0 Å². The molecule has 2 aromatic heterocycles. The quantitative estimate of drug-likeness (QED) is 0.742. The molecule has 0 saturated carbocycles. The van der Waals surface area contributed by atoms with E-state index in [1.54, 1.807) is 36.8 Å². The van der Waals surface area contributed by atoms with Crippen LogP contribution in [0.15, 0.2) is 67.1 Å². The van der Waals surface area contributed by atoms with Crippen molar-refractivity contribution in [2.75, 3.05) is 5.32 Å². The van der Waals surface area contributed by atoms with Gasteiger partial charge in [-0.25, -0.2) is 4.98 Å². The Labute approximate surface area is 144 Å². The molecule has 6 heteroatoms. The van der Waals surface area contributed by atoms with E-state index in [4.69, 9.17) is 11.6 Å². The van der Waals surface area contributed by atoms with E-state index < -0.39 is 0 Å². The number of hydrogen-bond donors (Lipinski definition) is 2. The average Bonchev–Trinajstić information content (AvgIpc) is 2.61. The van der Waals surface area contributed by atoms with Crippen molar-refractivity contribution in [2.45, 2.75) is 6.54 Å². The van der Waals surface area contributed by atoms with E-state index in [0.29, 0.717) is 17.3 Å². The topological polar surface area (TPSA) is 66.9 Å². The van der Waals surface area contributed by atoms with Gasteiger partial charge >= 0.3 is 0 Å². The number of pyridine rings is 2. The molecule has 0 spiro atoms. The molecule has 0 atom stereocenters. The van der Waals surface area contributed by atoms with E-state index in [0.717, 1.165) is 16.9 Å². The molecule has 0 aliphatic carbocycles. The minimum Gasteiger partial charge on any atom is -0.354 e. The first kappa shape index (κ1) is 16.0. The Morgan fingerprint density at radius 1 is 1.04 bits per heavy atom. The number of nitrogens with one attached hydrogen (secondary N) is 2. The van der Waals surface area contributed by atoms with Crippen molar-refractivity contribution in [3.05, 3.63) is 83.4 Å². The number of anilines is 2. The molecule has 0 aliphatic heterocycles. The fourth-order valence-corrected chi connectivity index (χ4v) is 2.30. The second-order valence-electron chi connectivity index (χ2n) is 5.11. The molecule has 0 unspecified atom stereocenters. The monoisotopic (exact) mass is 338 g/mol. The van der Waals surface area contributed by atoms with Gasteiger partial charge in [-0.2, -0.15) is 0 Å². The molecule has 0 aliphatic rings. The number of carbonyl (C=O) groups excluding carboxylic acids is 1. The van der Waals surface area contributed by atoms with Gasteiger partial charge in [-0.1, -0.05) is 17.7 Å². The van der Waals surface area contributed by atoms with Crippen molar-refractivity contribution < 1.29 is 4.79 Å². The molecular formula is C18H15ClN4O. The Kier molecular flexibility index (Phi) is 5.03. The first-order valence-electron chi connectivity index (χ1n) is 7.36. The molecule has 3 rings (SSSR count). The molecule has 2 N–H and O–H groups in total. The molecule has 1 aromatic carbocycles. The number of amides is 1. The first-order chi connectivity index (χ1) is 11.7. The van der Waals surface area contributed by atoms with Crippen molar-refractivity contribution in [1.82, 2.24) is 15.3 Å². The van der Waals surface area contributed by atoms with E-state index in [9.17, 15) is 4.79 Å². The van der Waals surface area contributed by atoms with Crippen LogP contribution in [0.5, 0.6) is 0 Å². The third kappa shape index (κ3) is 4.30. The third-order valence-electron chi connectivity index (χ3n) is 3.31. The predicted molar refractivity (Wildman–Crippen MR) is 94.4 cm³/mol. The molecular weight excluding hydrogens is 324 g/mol. The lowest BCUT2D eigenvalue weighted by Gasteiger charge is -2.08. The van der Waals surface area contributed by atoms with Crippen LogP contribution in [0.3, 0.4) is 0 Å². The van der Waals surface area contributed by atoms with Gasteiger partial charge < -0.3 is 10.6 Å². The molecule has 3 aromatic rings. The van der Waals surface area contributed by atoms with Crippen LogP contribution in [-0.4, -0.2) is 15.9 Å². The molecule has 2 heterocycles. The molecule has 0 saturated heterocycles. The number of nitrogens with zero attached hydrogens (tertiary/aromatic N) is 2. The van der Waals surface area contributed by atoms with Crippen LogP contribution < -0.4 is 10.6 Å². The van der Waals surface area contributed by atoms with Crippen LogP contribution in [-0.2, 0) is 6.54 Å². The van der Waals surface area contributed by atoms with Gasteiger partial charge in [-0.05, 0) is 48.0 Å². The molecule has 0 fully saturated rings. The Bertz CT molecular complexity index is 822. The number of carbonyl (C=O) groups is 1. The molecule has 120 valence electrons. The maximum Gasteiger partial charge on any atom is 0.270 e. The van der Waals surface area contributed by atoms with Gasteiger partial charge in [-0.3, -0.25) is 9.78 Å². The standard InChI is InChI=1S/C18H15ClN4O/c19-14-2-1-3-15(10-14)23-16-4-5-17(21-12-16)18(24)22-11-13-6-8-20-9-7-13/h1-10,12,23H,11H2,(H,22,24). The highest BCUT2D eigenvalue weighted by Crippen LogP contribution is 2.19. The Balaban J connectivity index is 1.60. The van der Waals surface area contributed by atoms with Crippen LogP contribution in [0.1, 0.15) is 16.1 Å². The minimum atomic E-state index is -0.221. The summed E-state index contributed by atoms with van der Waals surface area (Å²) >= 11 is 5.95. The summed E-state index contributed by atoms with van der Waals surface area (Å²) in [6.07, 6.45) is 4.99. The highest BCUT2D eigenvalue weighted by atomic mass is 35.5. The maximum atomic E-state index is 12.1. The van der Waals surface area contributed by atoms with Gasteiger partial charge in [0, 0.05) is 29.6 Å². The minimum absolute atomic E-state index is 0.221. The van der Waals surface area contributed by atoms with Gasteiger partial charge in [-0.15, -0.1) is 0 Å². The molecule has 5 nitrogen and oxygen atoms in total. The largest absolute Gasteiger partial charge is 0.354 e. The normalized spacial score (nSPS) is 10.2. The van der Waals surface area contributed by atoms with Crippen molar-refractivity contribution in [3.8, 4) is 0 Å². The second-order valence-corrected chi connectivity index (χ2v) is 5.54. The van der Waals surface area contributed by atoms with Gasteiger partial charge in [0.15, 0.2) is 0 Å². The zero-order valence-electron chi connectivity index (χ0n) is 12.7. The van der Waals surface area contributed by atoms with Crippen molar-refractivity contribution in [3.63, 3.8) is 0 Å².